The highest BCUT2D eigenvalue weighted by atomic mass is 19.1. The second-order valence-electron chi connectivity index (χ2n) is 6.06. The van der Waals surface area contributed by atoms with E-state index in [1.807, 2.05) is 6.92 Å². The fourth-order valence-electron chi connectivity index (χ4n) is 2.98. The molecule has 0 bridgehead atoms. The molecule has 0 unspecified atom stereocenters. The third-order valence-corrected chi connectivity index (χ3v) is 4.26. The summed E-state index contributed by atoms with van der Waals surface area (Å²) in [4.78, 5) is 12.2. The van der Waals surface area contributed by atoms with Gasteiger partial charge in [0.2, 0.25) is 0 Å². The zero-order chi connectivity index (χ0) is 15.1. The number of quaternary nitrogens is 1. The van der Waals surface area contributed by atoms with Gasteiger partial charge in [0, 0.05) is 0 Å². The van der Waals surface area contributed by atoms with Crippen molar-refractivity contribution in [2.45, 2.75) is 64.0 Å². The van der Waals surface area contributed by atoms with Crippen LogP contribution in [0, 0.1) is 5.82 Å². The van der Waals surface area contributed by atoms with Crippen LogP contribution in [0.15, 0.2) is 24.3 Å². The number of anilines is 1. The summed E-state index contributed by atoms with van der Waals surface area (Å²) >= 11 is 0. The molecule has 0 aromatic heterocycles. The maximum Gasteiger partial charge on any atom is 0.282 e. The lowest BCUT2D eigenvalue weighted by molar-refractivity contribution is -0.707. The van der Waals surface area contributed by atoms with E-state index < -0.39 is 0 Å². The van der Waals surface area contributed by atoms with Crippen LogP contribution in [0.3, 0.4) is 0 Å². The van der Waals surface area contributed by atoms with Gasteiger partial charge in [0.05, 0.1) is 11.7 Å². The van der Waals surface area contributed by atoms with E-state index in [1.165, 1.54) is 51.0 Å². The predicted molar refractivity (Wildman–Crippen MR) is 82.5 cm³/mol. The first-order valence-electron chi connectivity index (χ1n) is 8.07. The number of nitrogens with one attached hydrogen (secondary N) is 1. The van der Waals surface area contributed by atoms with Gasteiger partial charge in [-0.3, -0.25) is 4.79 Å². The molecule has 1 amide bonds. The smallest absolute Gasteiger partial charge is 0.282 e. The molecule has 3 N–H and O–H groups in total. The molecule has 0 aliphatic heterocycles. The number of amides is 1. The molecule has 0 saturated heterocycles. The third-order valence-electron chi connectivity index (χ3n) is 4.26. The summed E-state index contributed by atoms with van der Waals surface area (Å²) < 4.78 is 13.5. The van der Waals surface area contributed by atoms with Gasteiger partial charge in [-0.15, -0.1) is 0 Å². The van der Waals surface area contributed by atoms with Crippen LogP contribution in [-0.4, -0.2) is 18.0 Å². The topological polar surface area (TPSA) is 45.7 Å². The molecule has 1 aliphatic rings. The lowest BCUT2D eigenvalue weighted by Gasteiger charge is -2.21. The van der Waals surface area contributed by atoms with Gasteiger partial charge in [0.1, 0.15) is 5.82 Å². The standard InChI is InChI=1S/C17H25FN2O/c1-13(19-14-9-5-3-2-4-6-10-14)17(21)20-16-12-8-7-11-15(16)18/h7-8,11-14,19H,2-6,9-10H2,1H3,(H,20,21)/p+1/t13-/m1/s1. The van der Waals surface area contributed by atoms with Gasteiger partial charge in [-0.1, -0.05) is 31.4 Å². The summed E-state index contributed by atoms with van der Waals surface area (Å²) in [5.41, 5.74) is 0.264. The molecule has 0 spiro atoms. The SMILES string of the molecule is C[C@@H]([NH2+]C1CCCCCCC1)C(=O)Nc1ccccc1F. The Labute approximate surface area is 126 Å². The number of nitrogens with two attached hydrogens (primary N) is 1. The molecule has 1 atom stereocenters. The first kappa shape index (κ1) is 16.0. The van der Waals surface area contributed by atoms with Crippen molar-refractivity contribution in [1.82, 2.24) is 0 Å². The van der Waals surface area contributed by atoms with Crippen molar-refractivity contribution in [1.29, 1.82) is 0 Å². The molecule has 1 fully saturated rings. The van der Waals surface area contributed by atoms with Crippen LogP contribution >= 0.6 is 0 Å². The maximum absolute atomic E-state index is 13.5. The van der Waals surface area contributed by atoms with Crippen molar-refractivity contribution in [3.8, 4) is 0 Å². The summed E-state index contributed by atoms with van der Waals surface area (Å²) in [6.45, 7) is 1.90. The molecular weight excluding hydrogens is 267 g/mol. The van der Waals surface area contributed by atoms with E-state index in [2.05, 4.69) is 10.6 Å². The van der Waals surface area contributed by atoms with Crippen LogP contribution in [-0.2, 0) is 4.79 Å². The van der Waals surface area contributed by atoms with Crippen LogP contribution in [0.5, 0.6) is 0 Å². The average Bonchev–Trinajstić information content (AvgIpc) is 2.44. The van der Waals surface area contributed by atoms with Gasteiger partial charge >= 0.3 is 0 Å². The number of para-hydroxylation sites is 1. The summed E-state index contributed by atoms with van der Waals surface area (Å²) in [7, 11) is 0. The van der Waals surface area contributed by atoms with E-state index in [-0.39, 0.29) is 23.5 Å². The van der Waals surface area contributed by atoms with Crippen LogP contribution in [0.1, 0.15) is 51.9 Å². The van der Waals surface area contributed by atoms with E-state index >= 15 is 0 Å². The zero-order valence-electron chi connectivity index (χ0n) is 12.8. The first-order chi connectivity index (χ1) is 10.2. The molecule has 1 aromatic rings. The Kier molecular flexibility index (Phi) is 6.18. The van der Waals surface area contributed by atoms with Gasteiger partial charge < -0.3 is 10.6 Å². The number of halogens is 1. The Morgan fingerprint density at radius 3 is 2.48 bits per heavy atom. The number of carbonyl (C=O) groups is 1. The Balaban J connectivity index is 1.85. The van der Waals surface area contributed by atoms with Crippen LogP contribution < -0.4 is 10.6 Å². The van der Waals surface area contributed by atoms with Crippen molar-refractivity contribution >= 4 is 11.6 Å². The second-order valence-corrected chi connectivity index (χ2v) is 6.06. The minimum Gasteiger partial charge on any atom is -0.334 e. The van der Waals surface area contributed by atoms with Crippen molar-refractivity contribution < 1.29 is 14.5 Å². The summed E-state index contributed by atoms with van der Waals surface area (Å²) in [6, 6.07) is 6.63. The molecule has 21 heavy (non-hydrogen) atoms. The molecule has 2 rings (SSSR count). The second kappa shape index (κ2) is 8.13. The Hall–Kier alpha value is -1.42. The normalized spacial score (nSPS) is 18.6. The highest BCUT2D eigenvalue weighted by Gasteiger charge is 2.22. The number of hydrogen-bond donors (Lipinski definition) is 2. The van der Waals surface area contributed by atoms with Crippen molar-refractivity contribution in [3.05, 3.63) is 30.1 Å². The Morgan fingerprint density at radius 2 is 1.81 bits per heavy atom. The van der Waals surface area contributed by atoms with Crippen molar-refractivity contribution in [3.63, 3.8) is 0 Å². The first-order valence-corrected chi connectivity index (χ1v) is 8.07. The number of carbonyl (C=O) groups excluding carboxylic acids is 1. The molecular formula is C17H26FN2O+. The molecule has 4 heteroatoms. The number of rotatable bonds is 4. The van der Waals surface area contributed by atoms with Gasteiger partial charge in [-0.05, 0) is 44.7 Å². The minimum atomic E-state index is -0.385. The Bertz CT molecular complexity index is 456. The summed E-state index contributed by atoms with van der Waals surface area (Å²) in [5.74, 6) is -0.508. The Morgan fingerprint density at radius 1 is 1.19 bits per heavy atom. The highest BCUT2D eigenvalue weighted by Crippen LogP contribution is 2.15. The summed E-state index contributed by atoms with van der Waals surface area (Å²) in [6.07, 6.45) is 8.82. The van der Waals surface area contributed by atoms with E-state index in [9.17, 15) is 9.18 Å². The molecule has 1 aliphatic carbocycles. The molecule has 116 valence electrons. The maximum atomic E-state index is 13.5. The molecule has 1 saturated carbocycles. The van der Waals surface area contributed by atoms with Crippen LogP contribution in [0.2, 0.25) is 0 Å². The average molecular weight is 293 g/mol. The third kappa shape index (κ3) is 5.12. The van der Waals surface area contributed by atoms with Crippen LogP contribution in [0.25, 0.3) is 0 Å². The van der Waals surface area contributed by atoms with Crippen molar-refractivity contribution in [2.24, 2.45) is 0 Å². The zero-order valence-corrected chi connectivity index (χ0v) is 12.8. The highest BCUT2D eigenvalue weighted by molar-refractivity contribution is 5.93. The van der Waals surface area contributed by atoms with Gasteiger partial charge in [0.25, 0.3) is 5.91 Å². The predicted octanol–water partition coefficient (Wildman–Crippen LogP) is 2.83. The van der Waals surface area contributed by atoms with E-state index in [1.54, 1.807) is 18.2 Å². The van der Waals surface area contributed by atoms with E-state index in [4.69, 9.17) is 0 Å². The minimum absolute atomic E-state index is 0.123. The lowest BCUT2D eigenvalue weighted by atomic mass is 9.96. The fraction of sp³-hybridized carbons (Fsp3) is 0.588. The van der Waals surface area contributed by atoms with E-state index in [0.717, 1.165) is 0 Å². The lowest BCUT2D eigenvalue weighted by Crippen LogP contribution is -2.96. The number of hydrogen-bond acceptors (Lipinski definition) is 1. The molecule has 3 nitrogen and oxygen atoms in total. The molecule has 0 heterocycles. The van der Waals surface area contributed by atoms with E-state index in [0.29, 0.717) is 6.04 Å². The summed E-state index contributed by atoms with van der Waals surface area (Å²) in [5, 5.41) is 4.84. The van der Waals surface area contributed by atoms with Gasteiger partial charge in [0.15, 0.2) is 6.04 Å². The van der Waals surface area contributed by atoms with Crippen molar-refractivity contribution in [2.75, 3.05) is 5.32 Å². The van der Waals surface area contributed by atoms with Crippen LogP contribution in [0.4, 0.5) is 10.1 Å². The van der Waals surface area contributed by atoms with Gasteiger partial charge in [-0.2, -0.15) is 0 Å². The molecule has 0 radical (unpaired) electrons. The fourth-order valence-corrected chi connectivity index (χ4v) is 2.98. The quantitative estimate of drug-likeness (QED) is 0.881. The number of benzene rings is 1. The largest absolute Gasteiger partial charge is 0.334 e. The van der Waals surface area contributed by atoms with Gasteiger partial charge in [-0.25, -0.2) is 4.39 Å². The molecule has 1 aromatic carbocycles. The monoisotopic (exact) mass is 293 g/mol.